The largest absolute Gasteiger partial charge is 0.334 e. The van der Waals surface area contributed by atoms with Crippen LogP contribution in [0.2, 0.25) is 0 Å². The highest BCUT2D eigenvalue weighted by Gasteiger charge is 2.27. The summed E-state index contributed by atoms with van der Waals surface area (Å²) in [6.07, 6.45) is 2.54. The molecule has 3 aromatic rings. The molecule has 3 rings (SSSR count). The second kappa shape index (κ2) is 7.25. The van der Waals surface area contributed by atoms with Crippen molar-refractivity contribution in [3.05, 3.63) is 59.9 Å². The van der Waals surface area contributed by atoms with E-state index in [0.29, 0.717) is 11.1 Å². The number of sulfonamides is 1. The molecule has 2 heterocycles. The summed E-state index contributed by atoms with van der Waals surface area (Å²) in [5.74, 6) is -0.503. The van der Waals surface area contributed by atoms with Gasteiger partial charge in [-0.3, -0.25) is 9.20 Å². The van der Waals surface area contributed by atoms with E-state index < -0.39 is 31.8 Å². The Morgan fingerprint density at radius 2 is 1.83 bits per heavy atom. The molecule has 11 heteroatoms. The number of benzene rings is 1. The minimum atomic E-state index is -3.88. The molecule has 1 unspecified atom stereocenters. The van der Waals surface area contributed by atoms with Gasteiger partial charge in [-0.15, -0.1) is 0 Å². The van der Waals surface area contributed by atoms with E-state index in [-0.39, 0.29) is 15.7 Å². The number of nitrogens with two attached hydrogens (primary N) is 1. The predicted molar refractivity (Wildman–Crippen MR) is 107 cm³/mol. The van der Waals surface area contributed by atoms with Gasteiger partial charge in [0.1, 0.15) is 0 Å². The van der Waals surface area contributed by atoms with Crippen LogP contribution < -0.4 is 5.14 Å². The van der Waals surface area contributed by atoms with Crippen LogP contribution >= 0.6 is 0 Å². The number of hydrogen-bond donors (Lipinski definition) is 1. The Morgan fingerprint density at radius 3 is 2.45 bits per heavy atom. The lowest BCUT2D eigenvalue weighted by molar-refractivity contribution is 0.0738. The van der Waals surface area contributed by atoms with E-state index in [2.05, 4.69) is 4.98 Å². The van der Waals surface area contributed by atoms with Gasteiger partial charge in [-0.25, -0.2) is 27.0 Å². The fraction of sp³-hybridized carbons (Fsp3) is 0.222. The SMILES string of the molecule is CC(c1cccc(S(N)(=O)=O)c1)N(C)C(=O)c1nc(S(C)(=O)=O)n2ccccc12. The molecule has 1 aromatic carbocycles. The number of primary sulfonamides is 1. The summed E-state index contributed by atoms with van der Waals surface area (Å²) in [7, 11) is -6.01. The first-order valence-electron chi connectivity index (χ1n) is 8.48. The standard InChI is InChI=1S/C18H20N4O5S2/c1-12(13-7-6-8-14(11-13)29(19,26)27)21(2)17(23)16-15-9-4-5-10-22(15)18(20-16)28(3,24)25/h4-12H,1-3H3,(H2,19,26,27). The zero-order chi connectivity index (χ0) is 21.6. The number of hydrogen-bond acceptors (Lipinski definition) is 6. The number of carbonyl (C=O) groups excluding carboxylic acids is 1. The molecule has 2 aromatic heterocycles. The van der Waals surface area contributed by atoms with Gasteiger partial charge < -0.3 is 4.90 Å². The van der Waals surface area contributed by atoms with Crippen molar-refractivity contribution in [2.45, 2.75) is 23.0 Å². The molecule has 9 nitrogen and oxygen atoms in total. The van der Waals surface area contributed by atoms with Crippen molar-refractivity contribution in [2.75, 3.05) is 13.3 Å². The highest BCUT2D eigenvalue weighted by Crippen LogP contribution is 2.25. The molecule has 0 saturated heterocycles. The third-order valence-electron chi connectivity index (χ3n) is 4.62. The number of imidazole rings is 1. The highest BCUT2D eigenvalue weighted by atomic mass is 32.2. The van der Waals surface area contributed by atoms with E-state index in [0.717, 1.165) is 6.26 Å². The van der Waals surface area contributed by atoms with Crippen molar-refractivity contribution < 1.29 is 21.6 Å². The number of carbonyl (C=O) groups is 1. The third kappa shape index (κ3) is 4.02. The number of amides is 1. The summed E-state index contributed by atoms with van der Waals surface area (Å²) in [6, 6.07) is 10.4. The van der Waals surface area contributed by atoms with Gasteiger partial charge >= 0.3 is 0 Å². The zero-order valence-electron chi connectivity index (χ0n) is 16.0. The van der Waals surface area contributed by atoms with Crippen molar-refractivity contribution in [3.63, 3.8) is 0 Å². The van der Waals surface area contributed by atoms with Crippen LogP contribution in [0.25, 0.3) is 5.52 Å². The van der Waals surface area contributed by atoms with Crippen LogP contribution in [-0.4, -0.2) is 50.3 Å². The first-order valence-corrected chi connectivity index (χ1v) is 11.9. The van der Waals surface area contributed by atoms with Gasteiger partial charge in [-0.05, 0) is 36.8 Å². The Morgan fingerprint density at radius 1 is 1.14 bits per heavy atom. The van der Waals surface area contributed by atoms with Crippen LogP contribution in [0.1, 0.15) is 29.0 Å². The summed E-state index contributed by atoms with van der Waals surface area (Å²) in [5, 5.41) is 4.95. The van der Waals surface area contributed by atoms with Gasteiger partial charge in [0.15, 0.2) is 5.69 Å². The number of aromatic nitrogens is 2. The summed E-state index contributed by atoms with van der Waals surface area (Å²) in [4.78, 5) is 18.5. The maximum atomic E-state index is 13.1. The summed E-state index contributed by atoms with van der Waals surface area (Å²) in [5.41, 5.74) is 0.900. The van der Waals surface area contributed by atoms with E-state index in [9.17, 15) is 21.6 Å². The van der Waals surface area contributed by atoms with E-state index in [1.807, 2.05) is 0 Å². The van der Waals surface area contributed by atoms with Crippen molar-refractivity contribution in [2.24, 2.45) is 5.14 Å². The molecule has 0 radical (unpaired) electrons. The van der Waals surface area contributed by atoms with Crippen molar-refractivity contribution in [1.82, 2.24) is 14.3 Å². The Labute approximate surface area is 168 Å². The molecule has 0 aliphatic rings. The average Bonchev–Trinajstić information content (AvgIpc) is 3.06. The second-order valence-electron chi connectivity index (χ2n) is 6.68. The lowest BCUT2D eigenvalue weighted by Gasteiger charge is -2.25. The van der Waals surface area contributed by atoms with Gasteiger partial charge in [0.25, 0.3) is 5.91 Å². The maximum absolute atomic E-state index is 13.1. The second-order valence-corrected chi connectivity index (χ2v) is 10.2. The maximum Gasteiger partial charge on any atom is 0.274 e. The molecule has 1 atom stereocenters. The number of fused-ring (bicyclic) bond motifs is 1. The van der Waals surface area contributed by atoms with Crippen LogP contribution in [-0.2, 0) is 19.9 Å². The quantitative estimate of drug-likeness (QED) is 0.639. The van der Waals surface area contributed by atoms with E-state index in [4.69, 9.17) is 5.14 Å². The van der Waals surface area contributed by atoms with Crippen molar-refractivity contribution >= 4 is 31.3 Å². The smallest absolute Gasteiger partial charge is 0.274 e. The molecular formula is C18H20N4O5S2. The first-order chi connectivity index (χ1) is 13.4. The third-order valence-corrected chi connectivity index (χ3v) is 6.48. The fourth-order valence-corrected chi connectivity index (χ4v) is 4.29. The molecule has 0 aliphatic carbocycles. The molecule has 2 N–H and O–H groups in total. The molecule has 0 fully saturated rings. The Kier molecular flexibility index (Phi) is 5.24. The summed E-state index contributed by atoms with van der Waals surface area (Å²) >= 11 is 0. The van der Waals surface area contributed by atoms with Crippen LogP contribution in [0.4, 0.5) is 0 Å². The van der Waals surface area contributed by atoms with Gasteiger partial charge in [-0.1, -0.05) is 18.2 Å². The average molecular weight is 437 g/mol. The molecule has 0 saturated carbocycles. The van der Waals surface area contributed by atoms with Crippen LogP contribution in [0.3, 0.4) is 0 Å². The predicted octanol–water partition coefficient (Wildman–Crippen LogP) is 1.22. The molecule has 0 spiro atoms. The van der Waals surface area contributed by atoms with E-state index >= 15 is 0 Å². The topological polar surface area (TPSA) is 132 Å². The molecule has 29 heavy (non-hydrogen) atoms. The Bertz CT molecular complexity index is 1310. The van der Waals surface area contributed by atoms with Gasteiger partial charge in [0, 0.05) is 19.5 Å². The summed E-state index contributed by atoms with van der Waals surface area (Å²) in [6.45, 7) is 1.72. The summed E-state index contributed by atoms with van der Waals surface area (Å²) < 4.78 is 48.7. The lowest BCUT2D eigenvalue weighted by Crippen LogP contribution is -2.30. The minimum absolute atomic E-state index is 0.0111. The van der Waals surface area contributed by atoms with E-state index in [1.54, 1.807) is 31.2 Å². The zero-order valence-corrected chi connectivity index (χ0v) is 17.6. The van der Waals surface area contributed by atoms with Crippen LogP contribution in [0, 0.1) is 0 Å². The number of rotatable bonds is 5. The molecule has 154 valence electrons. The van der Waals surface area contributed by atoms with Crippen molar-refractivity contribution in [3.8, 4) is 0 Å². The number of pyridine rings is 1. The number of nitrogens with zero attached hydrogens (tertiary/aromatic N) is 3. The van der Waals surface area contributed by atoms with Crippen LogP contribution in [0.15, 0.2) is 58.7 Å². The van der Waals surface area contributed by atoms with E-state index in [1.165, 1.54) is 40.7 Å². The highest BCUT2D eigenvalue weighted by molar-refractivity contribution is 7.90. The molecule has 1 amide bonds. The monoisotopic (exact) mass is 436 g/mol. The Hall–Kier alpha value is -2.76. The molecule has 0 aliphatic heterocycles. The minimum Gasteiger partial charge on any atom is -0.334 e. The first kappa shape index (κ1) is 21.0. The molecule has 0 bridgehead atoms. The lowest BCUT2D eigenvalue weighted by atomic mass is 10.1. The normalized spacial score (nSPS) is 13.4. The van der Waals surface area contributed by atoms with Gasteiger partial charge in [0.2, 0.25) is 25.0 Å². The fourth-order valence-electron chi connectivity index (χ4n) is 2.95. The number of sulfone groups is 1. The van der Waals surface area contributed by atoms with Gasteiger partial charge in [-0.2, -0.15) is 0 Å². The Balaban J connectivity index is 2.03. The van der Waals surface area contributed by atoms with Gasteiger partial charge in [0.05, 0.1) is 16.5 Å². The van der Waals surface area contributed by atoms with Crippen LogP contribution in [0.5, 0.6) is 0 Å². The van der Waals surface area contributed by atoms with Crippen molar-refractivity contribution in [1.29, 1.82) is 0 Å². The molecular weight excluding hydrogens is 416 g/mol.